The predicted molar refractivity (Wildman–Crippen MR) is 74.7 cm³/mol. The third kappa shape index (κ3) is 3.06. The molecule has 0 aliphatic carbocycles. The van der Waals surface area contributed by atoms with Gasteiger partial charge in [0.1, 0.15) is 6.54 Å². The van der Waals surface area contributed by atoms with Gasteiger partial charge in [0.25, 0.3) is 0 Å². The van der Waals surface area contributed by atoms with Crippen LogP contribution < -0.4 is 5.32 Å². The summed E-state index contributed by atoms with van der Waals surface area (Å²) >= 11 is 0. The monoisotopic (exact) mass is 272 g/mol. The Kier molecular flexibility index (Phi) is 4.20. The van der Waals surface area contributed by atoms with Crippen molar-refractivity contribution >= 4 is 11.9 Å². The van der Waals surface area contributed by atoms with Crippen LogP contribution in [0.25, 0.3) is 0 Å². The Bertz CT molecular complexity index is 617. The Balaban J connectivity index is 2.34. The van der Waals surface area contributed by atoms with Crippen LogP contribution in [0.4, 0.5) is 0 Å². The number of nitrogens with one attached hydrogen (secondary N) is 1. The molecule has 5 heteroatoms. The van der Waals surface area contributed by atoms with E-state index < -0.39 is 5.97 Å². The van der Waals surface area contributed by atoms with Gasteiger partial charge in [0.2, 0.25) is 5.91 Å². The summed E-state index contributed by atoms with van der Waals surface area (Å²) in [5, 5.41) is 11.8. The number of likely N-dealkylation sites (N-methyl/N-ethyl adjacent to an activating group) is 1. The van der Waals surface area contributed by atoms with Gasteiger partial charge in [0, 0.05) is 25.4 Å². The minimum absolute atomic E-state index is 0.117. The zero-order chi connectivity index (χ0) is 14.5. The van der Waals surface area contributed by atoms with Crippen molar-refractivity contribution < 1.29 is 14.7 Å². The van der Waals surface area contributed by atoms with Crippen molar-refractivity contribution in [3.8, 4) is 0 Å². The maximum atomic E-state index is 11.5. The molecule has 104 valence electrons. The Morgan fingerprint density at radius 1 is 1.20 bits per heavy atom. The average Bonchev–Trinajstić information content (AvgIpc) is 2.83. The topological polar surface area (TPSA) is 71.3 Å². The van der Waals surface area contributed by atoms with E-state index in [1.807, 2.05) is 30.3 Å². The van der Waals surface area contributed by atoms with E-state index in [0.29, 0.717) is 12.1 Å². The molecule has 1 amide bonds. The highest BCUT2D eigenvalue weighted by Gasteiger charge is 2.16. The minimum Gasteiger partial charge on any atom is -0.478 e. The standard InChI is InChI=1S/C15H16N2O3/c1-16-14(18)10-17-8-7-12(15(19)20)13(17)9-11-5-3-2-4-6-11/h2-8H,9-10H2,1H3,(H,16,18)(H,19,20). The van der Waals surface area contributed by atoms with Crippen molar-refractivity contribution in [1.82, 2.24) is 9.88 Å². The molecule has 1 aromatic carbocycles. The summed E-state index contributed by atoms with van der Waals surface area (Å²) < 4.78 is 1.68. The number of carbonyl (C=O) groups is 2. The number of nitrogens with zero attached hydrogens (tertiary/aromatic N) is 1. The van der Waals surface area contributed by atoms with Gasteiger partial charge in [-0.15, -0.1) is 0 Å². The molecule has 2 aromatic rings. The molecule has 0 atom stereocenters. The van der Waals surface area contributed by atoms with Gasteiger partial charge in [0.15, 0.2) is 0 Å². The molecule has 0 unspecified atom stereocenters. The molecule has 1 aromatic heterocycles. The number of carboxylic acid groups (broad SMARTS) is 1. The molecule has 20 heavy (non-hydrogen) atoms. The van der Waals surface area contributed by atoms with Crippen LogP contribution in [0.2, 0.25) is 0 Å². The van der Waals surface area contributed by atoms with Crippen LogP contribution in [-0.4, -0.2) is 28.6 Å². The van der Waals surface area contributed by atoms with Crippen LogP contribution >= 0.6 is 0 Å². The summed E-state index contributed by atoms with van der Waals surface area (Å²) in [5.74, 6) is -1.14. The highest BCUT2D eigenvalue weighted by Crippen LogP contribution is 2.16. The number of aromatic carboxylic acids is 1. The van der Waals surface area contributed by atoms with E-state index in [9.17, 15) is 14.7 Å². The maximum Gasteiger partial charge on any atom is 0.337 e. The van der Waals surface area contributed by atoms with E-state index in [0.717, 1.165) is 5.56 Å². The van der Waals surface area contributed by atoms with Crippen LogP contribution in [0, 0.1) is 0 Å². The maximum absolute atomic E-state index is 11.5. The quantitative estimate of drug-likeness (QED) is 0.867. The summed E-state index contributed by atoms with van der Waals surface area (Å²) in [5.41, 5.74) is 1.87. The van der Waals surface area contributed by atoms with Crippen LogP contribution in [-0.2, 0) is 17.8 Å². The van der Waals surface area contributed by atoms with Gasteiger partial charge in [-0.1, -0.05) is 30.3 Å². The van der Waals surface area contributed by atoms with E-state index in [1.165, 1.54) is 6.07 Å². The van der Waals surface area contributed by atoms with Gasteiger partial charge in [-0.2, -0.15) is 0 Å². The summed E-state index contributed by atoms with van der Waals surface area (Å²) in [4.78, 5) is 22.8. The summed E-state index contributed by atoms with van der Waals surface area (Å²) in [6, 6.07) is 11.1. The molecule has 2 N–H and O–H groups in total. The number of hydrogen-bond donors (Lipinski definition) is 2. The first kappa shape index (κ1) is 13.9. The first-order valence-electron chi connectivity index (χ1n) is 6.27. The lowest BCUT2D eigenvalue weighted by Crippen LogP contribution is -2.24. The van der Waals surface area contributed by atoms with Gasteiger partial charge in [-0.25, -0.2) is 4.79 Å². The third-order valence-electron chi connectivity index (χ3n) is 3.12. The molecule has 5 nitrogen and oxygen atoms in total. The van der Waals surface area contributed by atoms with Crippen molar-refractivity contribution in [2.75, 3.05) is 7.05 Å². The lowest BCUT2D eigenvalue weighted by molar-refractivity contribution is -0.121. The van der Waals surface area contributed by atoms with Crippen LogP contribution in [0.3, 0.4) is 0 Å². The molecule has 0 spiro atoms. The first-order chi connectivity index (χ1) is 9.61. The van der Waals surface area contributed by atoms with Crippen molar-refractivity contribution in [3.05, 3.63) is 59.4 Å². The molecule has 0 bridgehead atoms. The lowest BCUT2D eigenvalue weighted by atomic mass is 10.1. The molecule has 0 saturated heterocycles. The second kappa shape index (κ2) is 6.06. The third-order valence-corrected chi connectivity index (χ3v) is 3.12. The fourth-order valence-electron chi connectivity index (χ4n) is 2.07. The number of rotatable bonds is 5. The SMILES string of the molecule is CNC(=O)Cn1ccc(C(=O)O)c1Cc1ccccc1. The van der Waals surface area contributed by atoms with E-state index >= 15 is 0 Å². The van der Waals surface area contributed by atoms with Gasteiger partial charge in [-0.3, -0.25) is 4.79 Å². The molecule has 0 aliphatic rings. The molecular formula is C15H16N2O3. The van der Waals surface area contributed by atoms with Crippen molar-refractivity contribution in [3.63, 3.8) is 0 Å². The Labute approximate surface area is 116 Å². The van der Waals surface area contributed by atoms with Crippen LogP contribution in [0.5, 0.6) is 0 Å². The fourth-order valence-corrected chi connectivity index (χ4v) is 2.07. The van der Waals surface area contributed by atoms with E-state index in [1.54, 1.807) is 17.8 Å². The minimum atomic E-state index is -0.980. The number of amides is 1. The predicted octanol–water partition coefficient (Wildman–Crippen LogP) is 1.52. The fraction of sp³-hybridized carbons (Fsp3) is 0.200. The first-order valence-corrected chi connectivity index (χ1v) is 6.27. The Hall–Kier alpha value is -2.56. The number of benzene rings is 1. The van der Waals surface area contributed by atoms with Crippen molar-refractivity contribution in [2.24, 2.45) is 0 Å². The van der Waals surface area contributed by atoms with E-state index in [2.05, 4.69) is 5.32 Å². The number of carboxylic acids is 1. The van der Waals surface area contributed by atoms with E-state index in [4.69, 9.17) is 0 Å². The van der Waals surface area contributed by atoms with Crippen molar-refractivity contribution in [2.45, 2.75) is 13.0 Å². The molecule has 0 aliphatic heterocycles. The smallest absolute Gasteiger partial charge is 0.337 e. The summed E-state index contributed by atoms with van der Waals surface area (Å²) in [7, 11) is 1.56. The average molecular weight is 272 g/mol. The second-order valence-corrected chi connectivity index (χ2v) is 4.44. The van der Waals surface area contributed by atoms with E-state index in [-0.39, 0.29) is 18.0 Å². The van der Waals surface area contributed by atoms with Crippen LogP contribution in [0.1, 0.15) is 21.6 Å². The Morgan fingerprint density at radius 2 is 1.90 bits per heavy atom. The summed E-state index contributed by atoms with van der Waals surface area (Å²) in [6.07, 6.45) is 2.11. The molecular weight excluding hydrogens is 256 g/mol. The molecule has 1 heterocycles. The van der Waals surface area contributed by atoms with Crippen LogP contribution in [0.15, 0.2) is 42.6 Å². The molecule has 0 radical (unpaired) electrons. The second-order valence-electron chi connectivity index (χ2n) is 4.44. The van der Waals surface area contributed by atoms with Gasteiger partial charge in [-0.05, 0) is 11.6 Å². The largest absolute Gasteiger partial charge is 0.478 e. The molecule has 0 fully saturated rings. The zero-order valence-corrected chi connectivity index (χ0v) is 11.2. The number of carbonyl (C=O) groups excluding carboxylic acids is 1. The Morgan fingerprint density at radius 3 is 2.50 bits per heavy atom. The van der Waals surface area contributed by atoms with Gasteiger partial charge < -0.3 is 15.0 Å². The summed E-state index contributed by atoms with van der Waals surface area (Å²) in [6.45, 7) is 0.117. The number of hydrogen-bond acceptors (Lipinski definition) is 2. The highest BCUT2D eigenvalue weighted by molar-refractivity contribution is 5.89. The molecule has 0 saturated carbocycles. The number of aromatic nitrogens is 1. The lowest BCUT2D eigenvalue weighted by Gasteiger charge is -2.10. The van der Waals surface area contributed by atoms with Gasteiger partial charge >= 0.3 is 5.97 Å². The van der Waals surface area contributed by atoms with Crippen molar-refractivity contribution in [1.29, 1.82) is 0 Å². The van der Waals surface area contributed by atoms with Gasteiger partial charge in [0.05, 0.1) is 5.56 Å². The highest BCUT2D eigenvalue weighted by atomic mass is 16.4. The molecule has 2 rings (SSSR count). The zero-order valence-electron chi connectivity index (χ0n) is 11.2. The normalized spacial score (nSPS) is 10.2.